The molecule has 62 heavy (non-hydrogen) atoms. The molecule has 0 spiro atoms. The average molecular weight is 881 g/mol. The Morgan fingerprint density at radius 2 is 1.13 bits per heavy atom. The number of nitrogens with zero attached hydrogens (tertiary/aromatic N) is 6. The summed E-state index contributed by atoms with van der Waals surface area (Å²) in [6.07, 6.45) is 1.18. The summed E-state index contributed by atoms with van der Waals surface area (Å²) in [5.74, 6) is 1.47. The minimum atomic E-state index is -1.80. The number of aldehydes is 1. The van der Waals surface area contributed by atoms with Gasteiger partial charge < -0.3 is 28.4 Å². The second-order valence-electron chi connectivity index (χ2n) is 17.1. The summed E-state index contributed by atoms with van der Waals surface area (Å²) < 4.78 is 40.9. The van der Waals surface area contributed by atoms with Crippen LogP contribution < -0.4 is 9.47 Å². The van der Waals surface area contributed by atoms with Crippen LogP contribution in [0.2, 0.25) is 0 Å². The molecule has 11 nitrogen and oxygen atoms in total. The molecule has 4 aromatic heterocycles. The number of fused-ring (bicyclic) bond motifs is 6. The van der Waals surface area contributed by atoms with Crippen molar-refractivity contribution in [1.82, 2.24) is 28.9 Å². The number of hydrogen-bond acceptors (Lipinski definition) is 9. The summed E-state index contributed by atoms with van der Waals surface area (Å²) in [5.41, 5.74) is 6.99. The Bertz CT molecular complexity index is 2700. The van der Waals surface area contributed by atoms with Crippen molar-refractivity contribution in [1.29, 1.82) is 0 Å². The van der Waals surface area contributed by atoms with E-state index in [9.17, 15) is 23.2 Å². The van der Waals surface area contributed by atoms with Crippen LogP contribution in [0.5, 0.6) is 11.5 Å². The lowest BCUT2D eigenvalue weighted by Gasteiger charge is -2.32. The molecule has 2 aliphatic heterocycles. The van der Waals surface area contributed by atoms with Crippen molar-refractivity contribution in [3.8, 4) is 55.2 Å². The van der Waals surface area contributed by atoms with E-state index >= 15 is 0 Å². The quantitative estimate of drug-likeness (QED) is 0.140. The lowest BCUT2D eigenvalue weighted by atomic mass is 9.94. The van der Waals surface area contributed by atoms with Crippen molar-refractivity contribution in [2.75, 3.05) is 28.3 Å². The van der Waals surface area contributed by atoms with E-state index in [1.165, 1.54) is 18.4 Å². The number of aromatic nitrogens is 4. The number of methoxy groups -OCH3 is 2. The Labute approximate surface area is 368 Å². The molecule has 2 aliphatic rings. The highest BCUT2D eigenvalue weighted by Crippen LogP contribution is 2.44. The summed E-state index contributed by atoms with van der Waals surface area (Å²) >= 11 is 3.11. The largest absolute Gasteiger partial charge is 0.496 e. The van der Waals surface area contributed by atoms with E-state index in [1.807, 2.05) is 104 Å². The van der Waals surface area contributed by atoms with Crippen LogP contribution >= 0.6 is 22.7 Å². The van der Waals surface area contributed by atoms with Crippen molar-refractivity contribution >= 4 is 46.9 Å². The Morgan fingerprint density at radius 3 is 1.48 bits per heavy atom. The van der Waals surface area contributed by atoms with Crippen LogP contribution in [0.25, 0.3) is 49.7 Å². The fourth-order valence-corrected chi connectivity index (χ4v) is 9.00. The van der Waals surface area contributed by atoms with Gasteiger partial charge >= 0.3 is 0 Å². The maximum Gasteiger partial charge on any atom is 0.290 e. The van der Waals surface area contributed by atoms with Crippen LogP contribution in [0.1, 0.15) is 89.8 Å². The number of carbonyl (C=O) groups is 3. The van der Waals surface area contributed by atoms with E-state index in [0.29, 0.717) is 53.9 Å². The highest BCUT2D eigenvalue weighted by molar-refractivity contribution is 7.13. The van der Waals surface area contributed by atoms with Crippen molar-refractivity contribution in [2.45, 2.75) is 78.6 Å². The zero-order chi connectivity index (χ0) is 44.8. The molecule has 2 amide bonds. The number of rotatable bonds is 8. The van der Waals surface area contributed by atoms with Crippen LogP contribution in [0, 0.1) is 0 Å². The molecule has 0 atom stereocenters. The number of carbonyl (C=O) groups excluding carboxylic acids is 3. The van der Waals surface area contributed by atoms with Gasteiger partial charge in [0.15, 0.2) is 17.9 Å². The zero-order valence-corrected chi connectivity index (χ0v) is 38.2. The maximum atomic E-state index is 13.4. The molecule has 15 heteroatoms. The van der Waals surface area contributed by atoms with Gasteiger partial charge in [-0.05, 0) is 113 Å². The normalized spacial score (nSPS) is 12.8. The van der Waals surface area contributed by atoms with Gasteiger partial charge in [0.05, 0.1) is 40.9 Å². The second kappa shape index (κ2) is 17.1. The summed E-state index contributed by atoms with van der Waals surface area (Å²) in [4.78, 5) is 53.3. The number of hydrogen-bond donors (Lipinski definition) is 0. The van der Waals surface area contributed by atoms with Gasteiger partial charge in [0.1, 0.15) is 22.9 Å². The van der Waals surface area contributed by atoms with Crippen molar-refractivity contribution in [2.24, 2.45) is 0 Å². The van der Waals surface area contributed by atoms with E-state index in [-0.39, 0.29) is 28.5 Å². The Balaban J connectivity index is 0.000000187. The van der Waals surface area contributed by atoms with Crippen LogP contribution in [0.15, 0.2) is 65.4 Å². The molecule has 0 bridgehead atoms. The molecular formula is C47H50F2N6O5S2. The molecular weight excluding hydrogens is 831 g/mol. The predicted octanol–water partition coefficient (Wildman–Crippen LogP) is 10.5. The number of amides is 2. The molecule has 0 N–H and O–H groups in total. The lowest BCUT2D eigenvalue weighted by Crippen LogP contribution is -2.43. The molecule has 0 unspecified atom stereocenters. The summed E-state index contributed by atoms with van der Waals surface area (Å²) in [6.45, 7) is 13.1. The van der Waals surface area contributed by atoms with Gasteiger partial charge in [-0.1, -0.05) is 12.1 Å². The molecule has 324 valence electrons. The predicted molar refractivity (Wildman–Crippen MR) is 242 cm³/mol. The minimum Gasteiger partial charge on any atom is -0.496 e. The lowest BCUT2D eigenvalue weighted by molar-refractivity contribution is 0.0629. The number of halogens is 2. The molecule has 0 fully saturated rings. The smallest absolute Gasteiger partial charge is 0.290 e. The average Bonchev–Trinajstić information content (AvgIpc) is 4.07. The van der Waals surface area contributed by atoms with E-state index in [2.05, 4.69) is 0 Å². The molecule has 8 rings (SSSR count). The maximum absolute atomic E-state index is 13.4. The third kappa shape index (κ3) is 8.22. The van der Waals surface area contributed by atoms with Crippen molar-refractivity contribution in [3.05, 3.63) is 99.3 Å². The topological polar surface area (TPSA) is 112 Å². The first-order valence-electron chi connectivity index (χ1n) is 20.1. The van der Waals surface area contributed by atoms with Crippen molar-refractivity contribution < 1.29 is 32.6 Å². The van der Waals surface area contributed by atoms with Gasteiger partial charge in [-0.2, -0.15) is 8.78 Å². The SMILES string of the molecule is COc1cc2c(cc1C=C(F)F)-c1c(-c3cccs3)nc(C(=O)N(C)C(C)(C)C)n1CC2.COc1cc2c(cc1C=O)-c1c(-c3cccs3)nc(C(=O)N(C)C(C)(C)C)n1CC2. The summed E-state index contributed by atoms with van der Waals surface area (Å²) in [5, 5.41) is 3.95. The molecule has 6 aromatic rings. The molecule has 6 heterocycles. The second-order valence-corrected chi connectivity index (χ2v) is 19.0. The van der Waals surface area contributed by atoms with E-state index in [4.69, 9.17) is 19.4 Å². The van der Waals surface area contributed by atoms with Gasteiger partial charge in [-0.15, -0.1) is 22.7 Å². The molecule has 0 radical (unpaired) electrons. The van der Waals surface area contributed by atoms with Crippen LogP contribution in [0.4, 0.5) is 8.78 Å². The number of ether oxygens (including phenoxy) is 2. The Kier molecular flexibility index (Phi) is 12.2. The van der Waals surface area contributed by atoms with E-state index in [0.717, 1.165) is 67.9 Å². The fourth-order valence-electron chi connectivity index (χ4n) is 7.57. The van der Waals surface area contributed by atoms with E-state index in [1.54, 1.807) is 48.4 Å². The molecule has 0 saturated heterocycles. The molecule has 2 aromatic carbocycles. The Morgan fingerprint density at radius 1 is 0.710 bits per heavy atom. The highest BCUT2D eigenvalue weighted by atomic mass is 32.1. The van der Waals surface area contributed by atoms with Gasteiger partial charge in [0.25, 0.3) is 17.9 Å². The Hall–Kier alpha value is -5.93. The van der Waals surface area contributed by atoms with Gasteiger partial charge in [0, 0.05) is 61.0 Å². The number of imidazole rings is 2. The fraction of sp³-hybridized carbons (Fsp3) is 0.340. The van der Waals surface area contributed by atoms with Gasteiger partial charge in [-0.25, -0.2) is 9.97 Å². The molecule has 0 saturated carbocycles. The standard InChI is InChI=1S/C24H25F2N3O2S.C23H25N3O3S/c1-24(2,3)28(4)23(30)22-27-20(18-7-6-10-32-18)21-16-11-15(13-19(25)26)17(31-5)12-14(16)8-9-29(21)22;1-23(2,3)25(4)22(28)21-24-19(18-7-6-10-30-18)20-16-11-15(13-27)17(29-5)12-14(16)8-9-26(20)21/h6-7,10-13H,8-9H2,1-5H3;6-7,10-13H,8-9H2,1-5H3. The monoisotopic (exact) mass is 880 g/mol. The van der Waals surface area contributed by atoms with Crippen molar-refractivity contribution in [3.63, 3.8) is 0 Å². The van der Waals surface area contributed by atoms with Crippen LogP contribution in [-0.4, -0.2) is 86.4 Å². The number of thiophene rings is 2. The first-order valence-corrected chi connectivity index (χ1v) is 21.9. The third-order valence-corrected chi connectivity index (χ3v) is 13.2. The minimum absolute atomic E-state index is 0.112. The first-order chi connectivity index (χ1) is 29.4. The van der Waals surface area contributed by atoms with Crippen LogP contribution in [0.3, 0.4) is 0 Å². The number of aryl methyl sites for hydroxylation is 2. The summed E-state index contributed by atoms with van der Waals surface area (Å²) in [6, 6.07) is 15.2. The summed E-state index contributed by atoms with van der Waals surface area (Å²) in [7, 11) is 6.61. The highest BCUT2D eigenvalue weighted by Gasteiger charge is 2.35. The zero-order valence-electron chi connectivity index (χ0n) is 36.6. The van der Waals surface area contributed by atoms with Gasteiger partial charge in [0.2, 0.25) is 0 Å². The third-order valence-electron chi connectivity index (χ3n) is 11.5. The van der Waals surface area contributed by atoms with Crippen LogP contribution in [-0.2, 0) is 25.9 Å². The van der Waals surface area contributed by atoms with Gasteiger partial charge in [-0.3, -0.25) is 14.4 Å². The molecule has 0 aliphatic carbocycles. The first kappa shape index (κ1) is 44.1. The van der Waals surface area contributed by atoms with E-state index < -0.39 is 6.08 Å². The number of benzene rings is 2.